The highest BCUT2D eigenvalue weighted by Crippen LogP contribution is 2.33. The van der Waals surface area contributed by atoms with E-state index < -0.39 is 0 Å². The fraction of sp³-hybridized carbons (Fsp3) is 0.333. The third kappa shape index (κ3) is 5.66. The van der Waals surface area contributed by atoms with Crippen LogP contribution in [0, 0.1) is 0 Å². The summed E-state index contributed by atoms with van der Waals surface area (Å²) in [5, 5.41) is 0. The van der Waals surface area contributed by atoms with Crippen molar-refractivity contribution in [1.82, 2.24) is 0 Å². The van der Waals surface area contributed by atoms with Crippen molar-refractivity contribution < 1.29 is 28.4 Å². The average molecular weight is 446 g/mol. The first-order valence-electron chi connectivity index (χ1n) is 11.4. The summed E-state index contributed by atoms with van der Waals surface area (Å²) in [5.74, 6) is 2.43. The summed E-state index contributed by atoms with van der Waals surface area (Å²) in [4.78, 5) is 0. The molecule has 0 aliphatic carbocycles. The fourth-order valence-corrected chi connectivity index (χ4v) is 3.56. The van der Waals surface area contributed by atoms with Gasteiger partial charge in [0, 0.05) is 6.07 Å². The number of epoxide rings is 3. The molecule has 3 fully saturated rings. The van der Waals surface area contributed by atoms with Gasteiger partial charge in [-0.2, -0.15) is 0 Å². The maximum Gasteiger partial charge on any atom is 0.123 e. The molecule has 6 heteroatoms. The Kier molecular flexibility index (Phi) is 5.64. The van der Waals surface area contributed by atoms with E-state index in [0.717, 1.165) is 59.3 Å². The van der Waals surface area contributed by atoms with Gasteiger partial charge in [-0.25, -0.2) is 0 Å². The third-order valence-electron chi connectivity index (χ3n) is 5.80. The number of hydrogen-bond donors (Lipinski definition) is 0. The van der Waals surface area contributed by atoms with Crippen molar-refractivity contribution in [2.45, 2.75) is 18.3 Å². The lowest BCUT2D eigenvalue weighted by Gasteiger charge is -2.12. The van der Waals surface area contributed by atoms with Gasteiger partial charge in [0.25, 0.3) is 0 Å². The molecule has 0 spiro atoms. The quantitative estimate of drug-likeness (QED) is 0.408. The molecule has 6 nitrogen and oxygen atoms in total. The van der Waals surface area contributed by atoms with Gasteiger partial charge in [-0.15, -0.1) is 0 Å². The SMILES string of the molecule is c1cc(-c2ccc(-c3cc(OCC4CO4)cc(OCC4CO4)c3)cc2)ccc1OCC1CO1. The van der Waals surface area contributed by atoms with Crippen molar-refractivity contribution in [3.8, 4) is 39.5 Å². The Balaban J connectivity index is 1.17. The molecule has 170 valence electrons. The van der Waals surface area contributed by atoms with Crippen LogP contribution in [0.1, 0.15) is 0 Å². The molecule has 3 saturated heterocycles. The van der Waals surface area contributed by atoms with E-state index in [1.54, 1.807) is 0 Å². The Bertz CT molecular complexity index is 1050. The summed E-state index contributed by atoms with van der Waals surface area (Å²) in [6, 6.07) is 22.7. The van der Waals surface area contributed by atoms with Crippen LogP contribution in [0.25, 0.3) is 22.3 Å². The normalized spacial score (nSPS) is 22.5. The fourth-order valence-electron chi connectivity index (χ4n) is 3.56. The van der Waals surface area contributed by atoms with Crippen molar-refractivity contribution in [3.05, 3.63) is 66.7 Å². The summed E-state index contributed by atoms with van der Waals surface area (Å²) in [7, 11) is 0. The van der Waals surface area contributed by atoms with E-state index in [0.29, 0.717) is 19.8 Å². The van der Waals surface area contributed by atoms with Crippen LogP contribution in [0.2, 0.25) is 0 Å². The van der Waals surface area contributed by atoms with E-state index in [4.69, 9.17) is 28.4 Å². The molecule has 3 heterocycles. The lowest BCUT2D eigenvalue weighted by atomic mass is 10.00. The monoisotopic (exact) mass is 446 g/mol. The van der Waals surface area contributed by atoms with Gasteiger partial charge in [0.1, 0.15) is 55.4 Å². The lowest BCUT2D eigenvalue weighted by Crippen LogP contribution is -2.06. The van der Waals surface area contributed by atoms with Gasteiger partial charge in [0.2, 0.25) is 0 Å². The van der Waals surface area contributed by atoms with E-state index in [-0.39, 0.29) is 18.3 Å². The molecular weight excluding hydrogens is 420 g/mol. The summed E-state index contributed by atoms with van der Waals surface area (Å²) >= 11 is 0. The molecule has 0 bridgehead atoms. The molecule has 0 N–H and O–H groups in total. The molecule has 6 rings (SSSR count). The Labute approximate surface area is 192 Å². The molecule has 3 atom stereocenters. The number of hydrogen-bond acceptors (Lipinski definition) is 6. The molecule has 0 aromatic heterocycles. The molecule has 3 aliphatic heterocycles. The Morgan fingerprint density at radius 2 is 0.848 bits per heavy atom. The van der Waals surface area contributed by atoms with Crippen molar-refractivity contribution in [2.24, 2.45) is 0 Å². The van der Waals surface area contributed by atoms with E-state index in [2.05, 4.69) is 36.4 Å². The van der Waals surface area contributed by atoms with Crippen LogP contribution in [0.5, 0.6) is 17.2 Å². The van der Waals surface area contributed by atoms with Crippen LogP contribution in [0.4, 0.5) is 0 Å². The molecular formula is C27H26O6. The van der Waals surface area contributed by atoms with Crippen LogP contribution in [-0.2, 0) is 14.2 Å². The summed E-state index contributed by atoms with van der Waals surface area (Å²) < 4.78 is 33.3. The molecule has 0 amide bonds. The van der Waals surface area contributed by atoms with E-state index in [1.165, 1.54) is 0 Å². The Morgan fingerprint density at radius 3 is 1.27 bits per heavy atom. The zero-order valence-electron chi connectivity index (χ0n) is 18.3. The second-order valence-corrected chi connectivity index (χ2v) is 8.59. The van der Waals surface area contributed by atoms with Gasteiger partial charge in [-0.1, -0.05) is 36.4 Å². The van der Waals surface area contributed by atoms with Gasteiger partial charge in [0.05, 0.1) is 19.8 Å². The first kappa shape index (κ1) is 20.5. The molecule has 0 saturated carbocycles. The zero-order chi connectivity index (χ0) is 22.0. The maximum absolute atomic E-state index is 5.94. The predicted octanol–water partition coefficient (Wildman–Crippen LogP) is 4.35. The standard InChI is InChI=1S/C27H26O6/c1-3-20(4-2-18(1)19-5-7-22(8-6-19)28-12-25-15-31-25)21-9-23(29-13-26-16-32-26)11-24(10-21)30-14-27-17-33-27/h1-11,25-27H,12-17H2. The van der Waals surface area contributed by atoms with Gasteiger partial charge in [-0.3, -0.25) is 0 Å². The van der Waals surface area contributed by atoms with Gasteiger partial charge in [0.15, 0.2) is 0 Å². The number of ether oxygens (including phenoxy) is 6. The highest BCUT2D eigenvalue weighted by molar-refractivity contribution is 5.72. The second kappa shape index (κ2) is 9.06. The summed E-state index contributed by atoms with van der Waals surface area (Å²) in [6.07, 6.45) is 0.670. The second-order valence-electron chi connectivity index (χ2n) is 8.59. The minimum Gasteiger partial charge on any atom is -0.491 e. The molecule has 0 radical (unpaired) electrons. The Hall–Kier alpha value is -3.06. The summed E-state index contributed by atoms with van der Waals surface area (Å²) in [5.41, 5.74) is 4.44. The van der Waals surface area contributed by atoms with E-state index in [9.17, 15) is 0 Å². The van der Waals surface area contributed by atoms with Gasteiger partial charge < -0.3 is 28.4 Å². The first-order valence-corrected chi connectivity index (χ1v) is 11.4. The van der Waals surface area contributed by atoms with Crippen LogP contribution in [-0.4, -0.2) is 58.0 Å². The van der Waals surface area contributed by atoms with Gasteiger partial charge in [-0.05, 0) is 46.5 Å². The van der Waals surface area contributed by atoms with Crippen molar-refractivity contribution in [2.75, 3.05) is 39.6 Å². The first-order chi connectivity index (χ1) is 16.3. The van der Waals surface area contributed by atoms with Crippen molar-refractivity contribution in [3.63, 3.8) is 0 Å². The largest absolute Gasteiger partial charge is 0.491 e. The molecule has 3 aromatic rings. The summed E-state index contributed by atoms with van der Waals surface area (Å²) in [6.45, 7) is 4.07. The van der Waals surface area contributed by atoms with Gasteiger partial charge >= 0.3 is 0 Å². The minimum atomic E-state index is 0.205. The number of rotatable bonds is 11. The lowest BCUT2D eigenvalue weighted by molar-refractivity contribution is 0.252. The molecule has 3 unspecified atom stereocenters. The minimum absolute atomic E-state index is 0.205. The molecule has 33 heavy (non-hydrogen) atoms. The van der Waals surface area contributed by atoms with Crippen molar-refractivity contribution in [1.29, 1.82) is 0 Å². The average Bonchev–Trinajstić information content (AvgIpc) is 3.71. The van der Waals surface area contributed by atoms with E-state index >= 15 is 0 Å². The van der Waals surface area contributed by atoms with Crippen molar-refractivity contribution >= 4 is 0 Å². The van der Waals surface area contributed by atoms with Crippen LogP contribution in [0.15, 0.2) is 66.7 Å². The maximum atomic E-state index is 5.94. The smallest absolute Gasteiger partial charge is 0.123 e. The van der Waals surface area contributed by atoms with Crippen LogP contribution >= 0.6 is 0 Å². The van der Waals surface area contributed by atoms with Crippen LogP contribution < -0.4 is 14.2 Å². The molecule has 3 aromatic carbocycles. The van der Waals surface area contributed by atoms with Crippen LogP contribution in [0.3, 0.4) is 0 Å². The third-order valence-corrected chi connectivity index (χ3v) is 5.80. The predicted molar refractivity (Wildman–Crippen MR) is 123 cm³/mol. The Morgan fingerprint density at radius 1 is 0.485 bits per heavy atom. The molecule has 3 aliphatic rings. The highest BCUT2D eigenvalue weighted by atomic mass is 16.6. The highest BCUT2D eigenvalue weighted by Gasteiger charge is 2.25. The topological polar surface area (TPSA) is 65.3 Å². The number of benzene rings is 3. The zero-order valence-corrected chi connectivity index (χ0v) is 18.3. The van der Waals surface area contributed by atoms with E-state index in [1.807, 2.05) is 30.3 Å².